The highest BCUT2D eigenvalue weighted by atomic mass is 16.5. The summed E-state index contributed by atoms with van der Waals surface area (Å²) in [4.78, 5) is 27.0. The minimum atomic E-state index is -1.15. The van der Waals surface area contributed by atoms with Crippen LogP contribution in [-0.4, -0.2) is 33.6 Å². The van der Waals surface area contributed by atoms with Gasteiger partial charge in [0.15, 0.2) is 0 Å². The first-order valence-corrected chi connectivity index (χ1v) is 5.72. The van der Waals surface area contributed by atoms with E-state index in [4.69, 9.17) is 9.84 Å². The maximum atomic E-state index is 11.9. The predicted molar refractivity (Wildman–Crippen MR) is 71.1 cm³/mol. The fourth-order valence-electron chi connectivity index (χ4n) is 1.65. The molecule has 0 saturated heterocycles. The fourth-order valence-corrected chi connectivity index (χ4v) is 1.65. The molecule has 0 bridgehead atoms. The maximum Gasteiger partial charge on any atom is 0.337 e. The van der Waals surface area contributed by atoms with Crippen molar-refractivity contribution < 1.29 is 19.4 Å². The summed E-state index contributed by atoms with van der Waals surface area (Å²) in [5, 5.41) is 11.7. The number of hydrogen-bond acceptors (Lipinski definition) is 4. The standard InChI is InChI=1S/C13H13N3O4/c1-16-6-11(14-7-16)12(17)15-10-4-3-8(20-2)5-9(10)13(18)19/h3-7H,1-2H3,(H,15,17)(H,18,19). The van der Waals surface area contributed by atoms with E-state index in [2.05, 4.69) is 10.3 Å². The van der Waals surface area contributed by atoms with Gasteiger partial charge < -0.3 is 19.7 Å². The largest absolute Gasteiger partial charge is 0.497 e. The van der Waals surface area contributed by atoms with Crippen molar-refractivity contribution in [2.24, 2.45) is 7.05 Å². The number of rotatable bonds is 4. The molecular weight excluding hydrogens is 262 g/mol. The number of anilines is 1. The highest BCUT2D eigenvalue weighted by molar-refractivity contribution is 6.06. The van der Waals surface area contributed by atoms with Crippen LogP contribution in [0.15, 0.2) is 30.7 Å². The molecule has 1 aromatic heterocycles. The number of ether oxygens (including phenoxy) is 1. The first-order valence-electron chi connectivity index (χ1n) is 5.72. The lowest BCUT2D eigenvalue weighted by Gasteiger charge is -2.09. The van der Waals surface area contributed by atoms with Gasteiger partial charge in [-0.05, 0) is 18.2 Å². The summed E-state index contributed by atoms with van der Waals surface area (Å²) in [6.45, 7) is 0. The summed E-state index contributed by atoms with van der Waals surface area (Å²) >= 11 is 0. The van der Waals surface area contributed by atoms with E-state index in [9.17, 15) is 9.59 Å². The molecule has 1 amide bonds. The number of carbonyl (C=O) groups is 2. The van der Waals surface area contributed by atoms with Gasteiger partial charge in [-0.1, -0.05) is 0 Å². The second kappa shape index (κ2) is 5.43. The Kier molecular flexibility index (Phi) is 3.69. The fraction of sp³-hybridized carbons (Fsp3) is 0.154. The zero-order valence-corrected chi connectivity index (χ0v) is 11.0. The van der Waals surface area contributed by atoms with Gasteiger partial charge in [0.25, 0.3) is 5.91 Å². The smallest absolute Gasteiger partial charge is 0.337 e. The Labute approximate surface area is 114 Å². The van der Waals surface area contributed by atoms with Gasteiger partial charge in [0.2, 0.25) is 0 Å². The quantitative estimate of drug-likeness (QED) is 0.879. The number of amides is 1. The van der Waals surface area contributed by atoms with Crippen LogP contribution in [0.2, 0.25) is 0 Å². The maximum absolute atomic E-state index is 11.9. The van der Waals surface area contributed by atoms with Crippen LogP contribution in [-0.2, 0) is 7.05 Å². The number of carboxylic acid groups (broad SMARTS) is 1. The Morgan fingerprint density at radius 1 is 1.40 bits per heavy atom. The third kappa shape index (κ3) is 2.77. The zero-order chi connectivity index (χ0) is 14.7. The van der Waals surface area contributed by atoms with Gasteiger partial charge in [0, 0.05) is 13.2 Å². The second-order valence-electron chi connectivity index (χ2n) is 4.10. The third-order valence-corrected chi connectivity index (χ3v) is 2.64. The number of aromatic nitrogens is 2. The minimum absolute atomic E-state index is 0.0476. The molecule has 2 rings (SSSR count). The molecule has 7 nitrogen and oxygen atoms in total. The molecule has 0 aliphatic rings. The monoisotopic (exact) mass is 275 g/mol. The van der Waals surface area contributed by atoms with Crippen LogP contribution in [0.4, 0.5) is 5.69 Å². The van der Waals surface area contributed by atoms with Crippen LogP contribution in [0, 0.1) is 0 Å². The molecular formula is C13H13N3O4. The third-order valence-electron chi connectivity index (χ3n) is 2.64. The van der Waals surface area contributed by atoms with Crippen molar-refractivity contribution in [1.82, 2.24) is 9.55 Å². The van der Waals surface area contributed by atoms with Crippen molar-refractivity contribution in [1.29, 1.82) is 0 Å². The van der Waals surface area contributed by atoms with Crippen molar-refractivity contribution in [2.75, 3.05) is 12.4 Å². The van der Waals surface area contributed by atoms with Gasteiger partial charge in [-0.2, -0.15) is 0 Å². The van der Waals surface area contributed by atoms with E-state index < -0.39 is 11.9 Å². The van der Waals surface area contributed by atoms with Crippen molar-refractivity contribution >= 4 is 17.6 Å². The Balaban J connectivity index is 2.29. The normalized spacial score (nSPS) is 10.1. The van der Waals surface area contributed by atoms with Crippen LogP contribution in [0.3, 0.4) is 0 Å². The van der Waals surface area contributed by atoms with Crippen molar-refractivity contribution in [2.45, 2.75) is 0 Å². The predicted octanol–water partition coefficient (Wildman–Crippen LogP) is 1.38. The zero-order valence-electron chi connectivity index (χ0n) is 11.0. The van der Waals surface area contributed by atoms with Crippen LogP contribution >= 0.6 is 0 Å². The molecule has 0 fully saturated rings. The van der Waals surface area contributed by atoms with Gasteiger partial charge in [-0.3, -0.25) is 4.79 Å². The molecule has 2 aromatic rings. The van der Waals surface area contributed by atoms with E-state index in [0.717, 1.165) is 0 Å². The second-order valence-corrected chi connectivity index (χ2v) is 4.10. The SMILES string of the molecule is COc1ccc(NC(=O)c2cn(C)cn2)c(C(=O)O)c1. The minimum Gasteiger partial charge on any atom is -0.497 e. The van der Waals surface area contributed by atoms with E-state index in [-0.39, 0.29) is 16.9 Å². The van der Waals surface area contributed by atoms with E-state index in [1.54, 1.807) is 23.9 Å². The van der Waals surface area contributed by atoms with Crippen LogP contribution in [0.5, 0.6) is 5.75 Å². The number of carbonyl (C=O) groups excluding carboxylic acids is 1. The van der Waals surface area contributed by atoms with Crippen molar-refractivity contribution in [3.8, 4) is 5.75 Å². The van der Waals surface area contributed by atoms with Gasteiger partial charge in [0.05, 0.1) is 24.7 Å². The highest BCUT2D eigenvalue weighted by Gasteiger charge is 2.15. The molecule has 0 atom stereocenters. The molecule has 7 heteroatoms. The topological polar surface area (TPSA) is 93.5 Å². The lowest BCUT2D eigenvalue weighted by molar-refractivity contribution is 0.0697. The molecule has 20 heavy (non-hydrogen) atoms. The van der Waals surface area contributed by atoms with E-state index in [0.29, 0.717) is 5.75 Å². The first kappa shape index (κ1) is 13.6. The molecule has 1 heterocycles. The lowest BCUT2D eigenvalue weighted by atomic mass is 10.1. The molecule has 0 unspecified atom stereocenters. The van der Waals surface area contributed by atoms with Gasteiger partial charge in [0.1, 0.15) is 11.4 Å². The molecule has 2 N–H and O–H groups in total. The summed E-state index contributed by atoms with van der Waals surface area (Å²) in [6.07, 6.45) is 3.03. The summed E-state index contributed by atoms with van der Waals surface area (Å²) in [5.74, 6) is -1.23. The number of nitrogens with zero attached hydrogens (tertiary/aromatic N) is 2. The number of benzene rings is 1. The van der Waals surface area contributed by atoms with E-state index in [1.807, 2.05) is 0 Å². The Hall–Kier alpha value is -2.83. The number of imidazole rings is 1. The highest BCUT2D eigenvalue weighted by Crippen LogP contribution is 2.22. The first-order chi connectivity index (χ1) is 9.51. The van der Waals surface area contributed by atoms with Crippen LogP contribution in [0.25, 0.3) is 0 Å². The lowest BCUT2D eigenvalue weighted by Crippen LogP contribution is -2.15. The Morgan fingerprint density at radius 3 is 2.70 bits per heavy atom. The molecule has 0 aliphatic carbocycles. The Bertz CT molecular complexity index is 663. The summed E-state index contributed by atoms with van der Waals surface area (Å²) in [7, 11) is 3.17. The molecule has 0 radical (unpaired) electrons. The van der Waals surface area contributed by atoms with E-state index in [1.165, 1.54) is 25.6 Å². The van der Waals surface area contributed by atoms with E-state index >= 15 is 0 Å². The molecule has 0 saturated carbocycles. The number of nitrogens with one attached hydrogen (secondary N) is 1. The molecule has 0 aliphatic heterocycles. The van der Waals surface area contributed by atoms with Crippen molar-refractivity contribution in [3.05, 3.63) is 42.0 Å². The van der Waals surface area contributed by atoms with Gasteiger partial charge in [-0.25, -0.2) is 9.78 Å². The molecule has 0 spiro atoms. The average Bonchev–Trinajstić information content (AvgIpc) is 2.85. The average molecular weight is 275 g/mol. The van der Waals surface area contributed by atoms with Gasteiger partial charge >= 0.3 is 5.97 Å². The van der Waals surface area contributed by atoms with Gasteiger partial charge in [-0.15, -0.1) is 0 Å². The molecule has 104 valence electrons. The molecule has 1 aromatic carbocycles. The number of aromatic carboxylic acids is 1. The summed E-state index contributed by atoms with van der Waals surface area (Å²) < 4.78 is 6.59. The summed E-state index contributed by atoms with van der Waals surface area (Å²) in [5.41, 5.74) is 0.349. The van der Waals surface area contributed by atoms with Crippen LogP contribution < -0.4 is 10.1 Å². The number of carboxylic acids is 1. The number of hydrogen-bond donors (Lipinski definition) is 2. The summed E-state index contributed by atoms with van der Waals surface area (Å²) in [6, 6.07) is 4.39. The van der Waals surface area contributed by atoms with Crippen LogP contribution in [0.1, 0.15) is 20.8 Å². The number of methoxy groups -OCH3 is 1. The number of aryl methyl sites for hydroxylation is 1. The Morgan fingerprint density at radius 2 is 2.15 bits per heavy atom. The van der Waals surface area contributed by atoms with Crippen molar-refractivity contribution in [3.63, 3.8) is 0 Å².